The number of nitrogens with one attached hydrogen (secondary N) is 1. The van der Waals surface area contributed by atoms with E-state index in [2.05, 4.69) is 10.3 Å². The van der Waals surface area contributed by atoms with Gasteiger partial charge in [0.05, 0.1) is 11.7 Å². The van der Waals surface area contributed by atoms with E-state index in [9.17, 15) is 9.59 Å². The molecule has 1 aromatic rings. The zero-order chi connectivity index (χ0) is 14.0. The minimum Gasteiger partial charge on any atom is -0.488 e. The molecule has 0 spiro atoms. The molecule has 0 aliphatic heterocycles. The van der Waals surface area contributed by atoms with Gasteiger partial charge in [0.25, 0.3) is 11.8 Å². The fraction of sp³-hybridized carbons (Fsp3) is 0.462. The summed E-state index contributed by atoms with van der Waals surface area (Å²) >= 11 is 0. The van der Waals surface area contributed by atoms with Gasteiger partial charge in [-0.2, -0.15) is 0 Å². The van der Waals surface area contributed by atoms with E-state index < -0.39 is 0 Å². The highest BCUT2D eigenvalue weighted by Gasteiger charge is 2.27. The first kappa shape index (κ1) is 13.3. The Hall–Kier alpha value is -2.11. The molecule has 6 heteroatoms. The van der Waals surface area contributed by atoms with Crippen molar-refractivity contribution in [1.29, 1.82) is 0 Å². The molecule has 0 unspecified atom stereocenters. The summed E-state index contributed by atoms with van der Waals surface area (Å²) in [5.74, 6) is -0.120. The van der Waals surface area contributed by atoms with Crippen molar-refractivity contribution in [3.05, 3.63) is 23.5 Å². The monoisotopic (exact) mass is 263 g/mol. The lowest BCUT2D eigenvalue weighted by Crippen LogP contribution is -2.24. The van der Waals surface area contributed by atoms with Crippen LogP contribution >= 0.6 is 0 Å². The number of rotatable bonds is 4. The molecule has 1 saturated carbocycles. The number of aromatic nitrogens is 1. The molecule has 1 aromatic heterocycles. The second kappa shape index (κ2) is 5.26. The van der Waals surface area contributed by atoms with Crippen LogP contribution < -0.4 is 10.1 Å². The van der Waals surface area contributed by atoms with Gasteiger partial charge >= 0.3 is 0 Å². The highest BCUT2D eigenvalue weighted by molar-refractivity contribution is 5.98. The fourth-order valence-electron chi connectivity index (χ4n) is 1.56. The van der Waals surface area contributed by atoms with E-state index >= 15 is 0 Å². The van der Waals surface area contributed by atoms with Gasteiger partial charge < -0.3 is 15.0 Å². The van der Waals surface area contributed by atoms with Crippen molar-refractivity contribution in [3.8, 4) is 5.75 Å². The summed E-state index contributed by atoms with van der Waals surface area (Å²) in [6, 6.07) is 1.58. The molecule has 0 atom stereocenters. The van der Waals surface area contributed by atoms with Gasteiger partial charge in [-0.3, -0.25) is 9.59 Å². The van der Waals surface area contributed by atoms with Crippen molar-refractivity contribution in [3.63, 3.8) is 0 Å². The van der Waals surface area contributed by atoms with Crippen LogP contribution in [0, 0.1) is 0 Å². The average molecular weight is 263 g/mol. The number of carbonyl (C=O) groups excluding carboxylic acids is 2. The predicted molar refractivity (Wildman–Crippen MR) is 69.3 cm³/mol. The lowest BCUT2D eigenvalue weighted by Gasteiger charge is -2.13. The Bertz CT molecular complexity index is 510. The van der Waals surface area contributed by atoms with Gasteiger partial charge in [-0.15, -0.1) is 0 Å². The quantitative estimate of drug-likeness (QED) is 0.867. The van der Waals surface area contributed by atoms with E-state index in [1.807, 2.05) is 0 Å². The molecule has 1 aliphatic carbocycles. The Labute approximate surface area is 111 Å². The van der Waals surface area contributed by atoms with Gasteiger partial charge in [-0.05, 0) is 18.9 Å². The molecular formula is C13H17N3O3. The third-order valence-corrected chi connectivity index (χ3v) is 2.77. The van der Waals surface area contributed by atoms with Crippen molar-refractivity contribution in [2.24, 2.45) is 0 Å². The number of hydrogen-bond donors (Lipinski definition) is 1. The van der Waals surface area contributed by atoms with E-state index in [0.717, 1.165) is 12.8 Å². The SMILES string of the molecule is CNC(=O)c1ncc(C(=O)N(C)C)cc1OC1CC1. The first-order chi connectivity index (χ1) is 9.02. The van der Waals surface area contributed by atoms with Gasteiger partial charge in [0.1, 0.15) is 0 Å². The van der Waals surface area contributed by atoms with Crippen LogP contribution in [0.1, 0.15) is 33.7 Å². The normalized spacial score (nSPS) is 13.8. The first-order valence-corrected chi connectivity index (χ1v) is 6.13. The summed E-state index contributed by atoms with van der Waals surface area (Å²) in [6.07, 6.45) is 3.47. The largest absolute Gasteiger partial charge is 0.488 e. The molecule has 0 radical (unpaired) electrons. The lowest BCUT2D eigenvalue weighted by molar-refractivity contribution is 0.0825. The molecule has 1 heterocycles. The minimum absolute atomic E-state index is 0.134. The predicted octanol–water partition coefficient (Wildman–Crippen LogP) is 0.684. The number of carbonyl (C=O) groups is 2. The van der Waals surface area contributed by atoms with E-state index in [-0.39, 0.29) is 23.6 Å². The number of amides is 2. The van der Waals surface area contributed by atoms with Crippen LogP contribution in [0.15, 0.2) is 12.3 Å². The summed E-state index contributed by atoms with van der Waals surface area (Å²) in [4.78, 5) is 29.1. The molecule has 6 nitrogen and oxygen atoms in total. The van der Waals surface area contributed by atoms with Crippen molar-refractivity contribution < 1.29 is 14.3 Å². The molecule has 2 amide bonds. The molecule has 1 N–H and O–H groups in total. The third kappa shape index (κ3) is 3.01. The second-order valence-corrected chi connectivity index (χ2v) is 4.67. The average Bonchev–Trinajstić information content (AvgIpc) is 3.20. The maximum absolute atomic E-state index is 11.9. The third-order valence-electron chi connectivity index (χ3n) is 2.77. The minimum atomic E-state index is -0.320. The van der Waals surface area contributed by atoms with Crippen molar-refractivity contribution in [2.75, 3.05) is 21.1 Å². The highest BCUT2D eigenvalue weighted by Crippen LogP contribution is 2.29. The van der Waals surface area contributed by atoms with Gasteiger partial charge in [0.15, 0.2) is 11.4 Å². The Balaban J connectivity index is 2.34. The van der Waals surface area contributed by atoms with Crippen molar-refractivity contribution in [2.45, 2.75) is 18.9 Å². The zero-order valence-corrected chi connectivity index (χ0v) is 11.3. The second-order valence-electron chi connectivity index (χ2n) is 4.67. The summed E-state index contributed by atoms with van der Waals surface area (Å²) in [5, 5.41) is 2.51. The Morgan fingerprint density at radius 2 is 2.11 bits per heavy atom. The number of ether oxygens (including phenoxy) is 1. The molecule has 0 bridgehead atoms. The summed E-state index contributed by atoms with van der Waals surface area (Å²) in [7, 11) is 4.86. The Kier molecular flexibility index (Phi) is 3.69. The maximum Gasteiger partial charge on any atom is 0.273 e. The van der Waals surface area contributed by atoms with Gasteiger partial charge in [0.2, 0.25) is 0 Å². The standard InChI is InChI=1S/C13H17N3O3/c1-14-12(17)11-10(19-9-4-5-9)6-8(7-15-11)13(18)16(2)3/h6-7,9H,4-5H2,1-3H3,(H,14,17). The molecule has 19 heavy (non-hydrogen) atoms. The van der Waals surface area contributed by atoms with E-state index in [4.69, 9.17) is 4.74 Å². The molecular weight excluding hydrogens is 246 g/mol. The zero-order valence-electron chi connectivity index (χ0n) is 11.3. The van der Waals surface area contributed by atoms with Crippen LogP contribution in [0.25, 0.3) is 0 Å². The van der Waals surface area contributed by atoms with Crippen molar-refractivity contribution in [1.82, 2.24) is 15.2 Å². The molecule has 1 aliphatic rings. The number of nitrogens with zero attached hydrogens (tertiary/aromatic N) is 2. The van der Waals surface area contributed by atoms with E-state index in [1.54, 1.807) is 20.2 Å². The highest BCUT2D eigenvalue weighted by atomic mass is 16.5. The maximum atomic E-state index is 11.9. The van der Waals surface area contributed by atoms with Crippen LogP contribution in [0.5, 0.6) is 5.75 Å². The molecule has 1 fully saturated rings. The lowest BCUT2D eigenvalue weighted by atomic mass is 10.2. The van der Waals surface area contributed by atoms with Gasteiger partial charge in [0, 0.05) is 27.3 Å². The molecule has 0 saturated heterocycles. The topological polar surface area (TPSA) is 71.5 Å². The van der Waals surface area contributed by atoms with Crippen LogP contribution in [0.3, 0.4) is 0 Å². The van der Waals surface area contributed by atoms with Crippen molar-refractivity contribution >= 4 is 11.8 Å². The summed E-state index contributed by atoms with van der Waals surface area (Å²) in [5.41, 5.74) is 0.623. The first-order valence-electron chi connectivity index (χ1n) is 6.13. The van der Waals surface area contributed by atoms with Crippen LogP contribution in [0.4, 0.5) is 0 Å². The number of pyridine rings is 1. The number of hydrogen-bond acceptors (Lipinski definition) is 4. The van der Waals surface area contributed by atoms with Crippen LogP contribution in [-0.2, 0) is 0 Å². The summed E-state index contributed by atoms with van der Waals surface area (Å²) in [6.45, 7) is 0. The Morgan fingerprint density at radius 1 is 1.42 bits per heavy atom. The molecule has 2 rings (SSSR count). The van der Waals surface area contributed by atoms with Gasteiger partial charge in [-0.1, -0.05) is 0 Å². The molecule has 0 aromatic carbocycles. The van der Waals surface area contributed by atoms with Gasteiger partial charge in [-0.25, -0.2) is 4.98 Å². The molecule has 102 valence electrons. The van der Waals surface area contributed by atoms with E-state index in [0.29, 0.717) is 11.3 Å². The van der Waals surface area contributed by atoms with E-state index in [1.165, 1.54) is 18.1 Å². The Morgan fingerprint density at radius 3 is 2.63 bits per heavy atom. The van der Waals surface area contributed by atoms with Crippen LogP contribution in [-0.4, -0.2) is 48.9 Å². The fourth-order valence-corrected chi connectivity index (χ4v) is 1.56. The smallest absolute Gasteiger partial charge is 0.273 e. The van der Waals surface area contributed by atoms with Crippen LogP contribution in [0.2, 0.25) is 0 Å². The summed E-state index contributed by atoms with van der Waals surface area (Å²) < 4.78 is 5.66.